The van der Waals surface area contributed by atoms with Gasteiger partial charge in [-0.3, -0.25) is 0 Å². The standard InChI is InChI=1S/C15H23N3O/c1-10-5-4-6-18(9-10)15(19)17-14-8-12(3)11(2)7-13(14)16/h7-8,10H,4-6,9,16H2,1-3H3,(H,17,19). The molecule has 1 aliphatic heterocycles. The molecule has 1 heterocycles. The lowest BCUT2D eigenvalue weighted by atomic mass is 10.0. The van der Waals surface area contributed by atoms with Crippen molar-refractivity contribution >= 4 is 17.4 Å². The van der Waals surface area contributed by atoms with Crippen molar-refractivity contribution in [1.82, 2.24) is 4.90 Å². The molecule has 0 saturated carbocycles. The van der Waals surface area contributed by atoms with E-state index < -0.39 is 0 Å². The second-order valence-electron chi connectivity index (χ2n) is 5.65. The van der Waals surface area contributed by atoms with Gasteiger partial charge >= 0.3 is 6.03 Å². The number of nitrogen functional groups attached to an aromatic ring is 1. The minimum Gasteiger partial charge on any atom is -0.397 e. The van der Waals surface area contributed by atoms with E-state index >= 15 is 0 Å². The average molecular weight is 261 g/mol. The van der Waals surface area contributed by atoms with Gasteiger partial charge in [-0.1, -0.05) is 6.92 Å². The molecule has 1 saturated heterocycles. The Bertz CT molecular complexity index is 485. The first-order chi connectivity index (χ1) is 8.97. The predicted octanol–water partition coefficient (Wildman–Crippen LogP) is 3.15. The molecule has 2 rings (SSSR count). The third-order valence-corrected chi connectivity index (χ3v) is 3.85. The average Bonchev–Trinajstić information content (AvgIpc) is 2.36. The first kappa shape index (κ1) is 13.7. The lowest BCUT2D eigenvalue weighted by Gasteiger charge is -2.31. The molecule has 1 aliphatic rings. The molecule has 104 valence electrons. The minimum absolute atomic E-state index is 0.0403. The van der Waals surface area contributed by atoms with Gasteiger partial charge in [0.05, 0.1) is 11.4 Å². The van der Waals surface area contributed by atoms with Gasteiger partial charge in [-0.25, -0.2) is 4.79 Å². The number of piperidine rings is 1. The molecular weight excluding hydrogens is 238 g/mol. The maximum atomic E-state index is 12.2. The Morgan fingerprint density at radius 3 is 2.74 bits per heavy atom. The minimum atomic E-state index is -0.0403. The van der Waals surface area contributed by atoms with Crippen molar-refractivity contribution in [1.29, 1.82) is 0 Å². The number of nitrogens with zero attached hydrogens (tertiary/aromatic N) is 1. The lowest BCUT2D eigenvalue weighted by Crippen LogP contribution is -2.41. The maximum Gasteiger partial charge on any atom is 0.321 e. The van der Waals surface area contributed by atoms with Gasteiger partial charge in [-0.05, 0) is 55.9 Å². The number of anilines is 2. The quantitative estimate of drug-likeness (QED) is 0.763. The third-order valence-electron chi connectivity index (χ3n) is 3.85. The maximum absolute atomic E-state index is 12.2. The van der Waals surface area contributed by atoms with Crippen LogP contribution in [0.15, 0.2) is 12.1 Å². The molecule has 4 nitrogen and oxygen atoms in total. The first-order valence-electron chi connectivity index (χ1n) is 6.90. The summed E-state index contributed by atoms with van der Waals surface area (Å²) in [4.78, 5) is 14.1. The zero-order chi connectivity index (χ0) is 14.0. The number of nitrogens with one attached hydrogen (secondary N) is 1. The van der Waals surface area contributed by atoms with Crippen LogP contribution in [0.5, 0.6) is 0 Å². The topological polar surface area (TPSA) is 58.4 Å². The fourth-order valence-corrected chi connectivity index (χ4v) is 2.51. The number of urea groups is 1. The van der Waals surface area contributed by atoms with Crippen LogP contribution in [0.2, 0.25) is 0 Å². The molecule has 1 atom stereocenters. The summed E-state index contributed by atoms with van der Waals surface area (Å²) in [7, 11) is 0. The molecule has 0 aromatic heterocycles. The normalized spacial score (nSPS) is 19.3. The number of hydrogen-bond acceptors (Lipinski definition) is 2. The molecule has 3 N–H and O–H groups in total. The summed E-state index contributed by atoms with van der Waals surface area (Å²) in [5.41, 5.74) is 9.58. The van der Waals surface area contributed by atoms with E-state index in [1.807, 2.05) is 30.9 Å². The number of likely N-dealkylation sites (tertiary alicyclic amines) is 1. The highest BCUT2D eigenvalue weighted by Gasteiger charge is 2.21. The Morgan fingerprint density at radius 1 is 1.37 bits per heavy atom. The van der Waals surface area contributed by atoms with Crippen molar-refractivity contribution in [3.8, 4) is 0 Å². The predicted molar refractivity (Wildman–Crippen MR) is 79.3 cm³/mol. The van der Waals surface area contributed by atoms with Crippen molar-refractivity contribution in [2.24, 2.45) is 5.92 Å². The highest BCUT2D eigenvalue weighted by molar-refractivity contribution is 5.93. The molecule has 0 bridgehead atoms. The smallest absolute Gasteiger partial charge is 0.321 e. The monoisotopic (exact) mass is 261 g/mol. The highest BCUT2D eigenvalue weighted by Crippen LogP contribution is 2.24. The van der Waals surface area contributed by atoms with E-state index in [0.717, 1.165) is 30.6 Å². The van der Waals surface area contributed by atoms with Crippen LogP contribution in [-0.2, 0) is 0 Å². The molecule has 0 aliphatic carbocycles. The highest BCUT2D eigenvalue weighted by atomic mass is 16.2. The summed E-state index contributed by atoms with van der Waals surface area (Å²) in [6.07, 6.45) is 2.28. The number of aryl methyl sites for hydroxylation is 2. The van der Waals surface area contributed by atoms with Crippen molar-refractivity contribution in [2.45, 2.75) is 33.6 Å². The fraction of sp³-hybridized carbons (Fsp3) is 0.533. The third kappa shape index (κ3) is 3.19. The first-order valence-corrected chi connectivity index (χ1v) is 6.90. The van der Waals surface area contributed by atoms with Gasteiger partial charge in [0.25, 0.3) is 0 Å². The van der Waals surface area contributed by atoms with E-state index in [0.29, 0.717) is 17.3 Å². The van der Waals surface area contributed by atoms with Crippen LogP contribution in [0, 0.1) is 19.8 Å². The molecule has 2 amide bonds. The number of amides is 2. The fourth-order valence-electron chi connectivity index (χ4n) is 2.51. The second-order valence-corrected chi connectivity index (χ2v) is 5.65. The summed E-state index contributed by atoms with van der Waals surface area (Å²) in [6.45, 7) is 7.89. The number of carbonyl (C=O) groups excluding carboxylic acids is 1. The van der Waals surface area contributed by atoms with Crippen LogP contribution in [0.4, 0.5) is 16.2 Å². The van der Waals surface area contributed by atoms with Gasteiger partial charge < -0.3 is 16.0 Å². The van der Waals surface area contributed by atoms with Gasteiger partial charge in [0.15, 0.2) is 0 Å². The molecule has 1 aromatic rings. The van der Waals surface area contributed by atoms with Gasteiger partial charge in [-0.2, -0.15) is 0 Å². The summed E-state index contributed by atoms with van der Waals surface area (Å²) in [6, 6.07) is 3.81. The molecule has 4 heteroatoms. The van der Waals surface area contributed by atoms with Crippen molar-refractivity contribution in [3.05, 3.63) is 23.3 Å². The number of carbonyl (C=O) groups is 1. The number of benzene rings is 1. The summed E-state index contributed by atoms with van der Waals surface area (Å²) in [5, 5.41) is 2.93. The van der Waals surface area contributed by atoms with E-state index in [1.165, 1.54) is 6.42 Å². The molecule has 1 unspecified atom stereocenters. The van der Waals surface area contributed by atoms with E-state index in [9.17, 15) is 4.79 Å². The van der Waals surface area contributed by atoms with Crippen LogP contribution in [0.3, 0.4) is 0 Å². The molecule has 1 fully saturated rings. The van der Waals surface area contributed by atoms with Crippen LogP contribution in [0.1, 0.15) is 30.9 Å². The van der Waals surface area contributed by atoms with Gasteiger partial charge in [-0.15, -0.1) is 0 Å². The molecule has 0 spiro atoms. The summed E-state index contributed by atoms with van der Waals surface area (Å²) in [5.74, 6) is 0.580. The Morgan fingerprint density at radius 2 is 2.05 bits per heavy atom. The SMILES string of the molecule is Cc1cc(N)c(NC(=O)N2CCCC(C)C2)cc1C. The van der Waals surface area contributed by atoms with E-state index in [1.54, 1.807) is 0 Å². The number of nitrogens with two attached hydrogens (primary N) is 1. The zero-order valence-corrected chi connectivity index (χ0v) is 12.0. The van der Waals surface area contributed by atoms with Gasteiger partial charge in [0.1, 0.15) is 0 Å². The van der Waals surface area contributed by atoms with Crippen molar-refractivity contribution < 1.29 is 4.79 Å². The molecule has 19 heavy (non-hydrogen) atoms. The second kappa shape index (κ2) is 5.51. The van der Waals surface area contributed by atoms with Crippen molar-refractivity contribution in [3.63, 3.8) is 0 Å². The van der Waals surface area contributed by atoms with Gasteiger partial charge in [0, 0.05) is 13.1 Å². The van der Waals surface area contributed by atoms with Gasteiger partial charge in [0.2, 0.25) is 0 Å². The number of rotatable bonds is 1. The van der Waals surface area contributed by atoms with E-state index in [-0.39, 0.29) is 6.03 Å². The van der Waals surface area contributed by atoms with Crippen LogP contribution in [-0.4, -0.2) is 24.0 Å². The number of hydrogen-bond donors (Lipinski definition) is 2. The van der Waals surface area contributed by atoms with E-state index in [4.69, 9.17) is 5.73 Å². The Labute approximate surface area is 115 Å². The molecule has 0 radical (unpaired) electrons. The lowest BCUT2D eigenvalue weighted by molar-refractivity contribution is 0.182. The Hall–Kier alpha value is -1.71. The van der Waals surface area contributed by atoms with Crippen molar-refractivity contribution in [2.75, 3.05) is 24.1 Å². The van der Waals surface area contributed by atoms with Crippen LogP contribution < -0.4 is 11.1 Å². The zero-order valence-electron chi connectivity index (χ0n) is 12.0. The molecule has 1 aromatic carbocycles. The summed E-state index contributed by atoms with van der Waals surface area (Å²) < 4.78 is 0. The Kier molecular flexibility index (Phi) is 3.98. The largest absolute Gasteiger partial charge is 0.397 e. The van der Waals surface area contributed by atoms with E-state index in [2.05, 4.69) is 12.2 Å². The summed E-state index contributed by atoms with van der Waals surface area (Å²) >= 11 is 0. The molecular formula is C15H23N3O. The Balaban J connectivity index is 2.08. The van der Waals surface area contributed by atoms with Crippen LogP contribution >= 0.6 is 0 Å². The van der Waals surface area contributed by atoms with Crippen LogP contribution in [0.25, 0.3) is 0 Å².